The van der Waals surface area contributed by atoms with Gasteiger partial charge in [0.25, 0.3) is 5.91 Å². The number of anilines is 1. The number of thiazole rings is 1. The number of carbonyl (C=O) groups is 2. The second-order valence-corrected chi connectivity index (χ2v) is 8.07. The number of halogens is 2. The van der Waals surface area contributed by atoms with Crippen LogP contribution in [0.15, 0.2) is 78.2 Å². The summed E-state index contributed by atoms with van der Waals surface area (Å²) in [7, 11) is 0. The first-order valence-corrected chi connectivity index (χ1v) is 10.6. The van der Waals surface area contributed by atoms with Crippen LogP contribution in [0.2, 0.25) is 10.0 Å². The lowest BCUT2D eigenvalue weighted by molar-refractivity contribution is 0.102. The lowest BCUT2D eigenvalue weighted by Gasteiger charge is -2.04. The van der Waals surface area contributed by atoms with E-state index in [9.17, 15) is 9.59 Å². The highest BCUT2D eigenvalue weighted by molar-refractivity contribution is 7.14. The molecule has 0 aliphatic carbocycles. The van der Waals surface area contributed by atoms with Crippen LogP contribution < -0.4 is 5.32 Å². The Balaban J connectivity index is 1.46. The molecule has 0 bridgehead atoms. The molecule has 0 radical (unpaired) electrons. The topological polar surface area (TPSA) is 59.1 Å². The summed E-state index contributed by atoms with van der Waals surface area (Å²) in [5, 5.41) is 5.99. The molecule has 0 saturated carbocycles. The molecule has 0 aliphatic heterocycles. The van der Waals surface area contributed by atoms with Crippen LogP contribution in [-0.4, -0.2) is 16.7 Å². The average Bonchev–Trinajstić information content (AvgIpc) is 3.24. The number of aromatic nitrogens is 1. The normalized spacial score (nSPS) is 10.6. The van der Waals surface area contributed by atoms with Gasteiger partial charge in [-0.25, -0.2) is 4.98 Å². The molecule has 4 rings (SSSR count). The molecule has 148 valence electrons. The van der Waals surface area contributed by atoms with Crippen LogP contribution in [0.1, 0.15) is 26.3 Å². The van der Waals surface area contributed by atoms with Crippen molar-refractivity contribution in [3.8, 4) is 11.3 Å². The number of hydrogen-bond donors (Lipinski definition) is 1. The highest BCUT2D eigenvalue weighted by atomic mass is 35.5. The molecular weight excluding hydrogens is 439 g/mol. The molecule has 0 spiro atoms. The zero-order valence-electron chi connectivity index (χ0n) is 15.4. The van der Waals surface area contributed by atoms with Crippen molar-refractivity contribution in [1.29, 1.82) is 0 Å². The maximum atomic E-state index is 12.5. The van der Waals surface area contributed by atoms with Crippen molar-refractivity contribution in [2.75, 3.05) is 5.32 Å². The number of amides is 1. The summed E-state index contributed by atoms with van der Waals surface area (Å²) in [6, 6.07) is 20.8. The van der Waals surface area contributed by atoms with E-state index in [2.05, 4.69) is 10.3 Å². The number of benzene rings is 3. The lowest BCUT2D eigenvalue weighted by Crippen LogP contribution is -2.12. The summed E-state index contributed by atoms with van der Waals surface area (Å²) in [5.74, 6) is -0.391. The van der Waals surface area contributed by atoms with Crippen molar-refractivity contribution < 1.29 is 9.59 Å². The SMILES string of the molecule is O=C(Nc1nc(-c2ccc(Cl)c(Cl)c2)cs1)c1ccc(C(=O)c2ccccc2)cc1. The van der Waals surface area contributed by atoms with Gasteiger partial charge < -0.3 is 0 Å². The highest BCUT2D eigenvalue weighted by Gasteiger charge is 2.13. The molecule has 0 unspecified atom stereocenters. The van der Waals surface area contributed by atoms with E-state index < -0.39 is 0 Å². The lowest BCUT2D eigenvalue weighted by atomic mass is 10.0. The van der Waals surface area contributed by atoms with E-state index >= 15 is 0 Å². The molecule has 0 saturated heterocycles. The molecule has 1 N–H and O–H groups in total. The van der Waals surface area contributed by atoms with Gasteiger partial charge in [-0.15, -0.1) is 11.3 Å². The van der Waals surface area contributed by atoms with E-state index in [0.29, 0.717) is 37.6 Å². The van der Waals surface area contributed by atoms with E-state index in [1.54, 1.807) is 48.5 Å². The van der Waals surface area contributed by atoms with Crippen LogP contribution in [0, 0.1) is 0 Å². The summed E-state index contributed by atoms with van der Waals surface area (Å²) < 4.78 is 0. The summed E-state index contributed by atoms with van der Waals surface area (Å²) >= 11 is 13.3. The Labute approximate surface area is 187 Å². The summed E-state index contributed by atoms with van der Waals surface area (Å²) in [4.78, 5) is 29.4. The minimum Gasteiger partial charge on any atom is -0.298 e. The Morgan fingerprint density at radius 3 is 2.17 bits per heavy atom. The first kappa shape index (κ1) is 20.3. The van der Waals surface area contributed by atoms with E-state index in [-0.39, 0.29) is 11.7 Å². The predicted molar refractivity (Wildman–Crippen MR) is 122 cm³/mol. The van der Waals surface area contributed by atoms with E-state index in [0.717, 1.165) is 5.56 Å². The van der Waals surface area contributed by atoms with Gasteiger partial charge in [0.05, 0.1) is 15.7 Å². The van der Waals surface area contributed by atoms with Gasteiger partial charge in [0, 0.05) is 27.6 Å². The van der Waals surface area contributed by atoms with Crippen LogP contribution in [0.25, 0.3) is 11.3 Å². The summed E-state index contributed by atoms with van der Waals surface area (Å²) in [6.07, 6.45) is 0. The van der Waals surface area contributed by atoms with Crippen molar-refractivity contribution >= 4 is 51.4 Å². The molecule has 4 nitrogen and oxygen atoms in total. The van der Waals surface area contributed by atoms with Crippen molar-refractivity contribution in [3.63, 3.8) is 0 Å². The largest absolute Gasteiger partial charge is 0.298 e. The smallest absolute Gasteiger partial charge is 0.257 e. The molecule has 1 amide bonds. The number of ketones is 1. The molecule has 0 fully saturated rings. The number of carbonyl (C=O) groups excluding carboxylic acids is 2. The maximum Gasteiger partial charge on any atom is 0.257 e. The maximum absolute atomic E-state index is 12.5. The van der Waals surface area contributed by atoms with Gasteiger partial charge in [-0.05, 0) is 24.3 Å². The van der Waals surface area contributed by atoms with Crippen LogP contribution >= 0.6 is 34.5 Å². The average molecular weight is 453 g/mol. The molecular formula is C23H14Cl2N2O2S. The Morgan fingerprint density at radius 1 is 0.800 bits per heavy atom. The van der Waals surface area contributed by atoms with Crippen molar-refractivity contribution in [3.05, 3.63) is 105 Å². The summed E-state index contributed by atoms with van der Waals surface area (Å²) in [5.41, 5.74) is 3.06. The van der Waals surface area contributed by atoms with Gasteiger partial charge in [0.2, 0.25) is 0 Å². The quantitative estimate of drug-likeness (QED) is 0.347. The van der Waals surface area contributed by atoms with Gasteiger partial charge in [-0.3, -0.25) is 14.9 Å². The van der Waals surface area contributed by atoms with Gasteiger partial charge in [-0.2, -0.15) is 0 Å². The minimum absolute atomic E-state index is 0.0891. The van der Waals surface area contributed by atoms with E-state index in [1.807, 2.05) is 29.6 Å². The Hall–Kier alpha value is -2.99. The molecule has 1 heterocycles. The third-order valence-corrected chi connectivity index (χ3v) is 5.88. The van der Waals surface area contributed by atoms with Crippen LogP contribution in [0.5, 0.6) is 0 Å². The minimum atomic E-state index is -0.302. The molecule has 30 heavy (non-hydrogen) atoms. The van der Waals surface area contributed by atoms with Crippen molar-refractivity contribution in [2.45, 2.75) is 0 Å². The second-order valence-electron chi connectivity index (χ2n) is 6.39. The van der Waals surface area contributed by atoms with Gasteiger partial charge in [-0.1, -0.05) is 71.7 Å². The first-order chi connectivity index (χ1) is 14.5. The van der Waals surface area contributed by atoms with Crippen LogP contribution in [0.4, 0.5) is 5.13 Å². The monoisotopic (exact) mass is 452 g/mol. The first-order valence-electron chi connectivity index (χ1n) is 8.93. The number of rotatable bonds is 5. The molecule has 1 aromatic heterocycles. The fraction of sp³-hybridized carbons (Fsp3) is 0. The predicted octanol–water partition coefficient (Wildman–Crippen LogP) is 6.60. The molecule has 4 aromatic rings. The van der Waals surface area contributed by atoms with E-state index in [4.69, 9.17) is 23.2 Å². The van der Waals surface area contributed by atoms with Gasteiger partial charge in [0.1, 0.15) is 0 Å². The molecule has 0 aliphatic rings. The Kier molecular flexibility index (Phi) is 5.95. The number of nitrogens with one attached hydrogen (secondary N) is 1. The molecule has 7 heteroatoms. The Morgan fingerprint density at radius 2 is 1.47 bits per heavy atom. The fourth-order valence-electron chi connectivity index (χ4n) is 2.82. The van der Waals surface area contributed by atoms with Crippen molar-refractivity contribution in [2.24, 2.45) is 0 Å². The molecule has 0 atom stereocenters. The van der Waals surface area contributed by atoms with Crippen LogP contribution in [-0.2, 0) is 0 Å². The van der Waals surface area contributed by atoms with E-state index in [1.165, 1.54) is 11.3 Å². The standard InChI is InChI=1S/C23H14Cl2N2O2S/c24-18-11-10-17(12-19(18)25)20-13-30-23(26-20)27-22(29)16-8-6-15(7-9-16)21(28)14-4-2-1-3-5-14/h1-13H,(H,26,27,29). The third-order valence-electron chi connectivity index (χ3n) is 4.39. The molecule has 3 aromatic carbocycles. The zero-order valence-corrected chi connectivity index (χ0v) is 17.8. The summed E-state index contributed by atoms with van der Waals surface area (Å²) in [6.45, 7) is 0. The highest BCUT2D eigenvalue weighted by Crippen LogP contribution is 2.30. The Bertz CT molecular complexity index is 1220. The van der Waals surface area contributed by atoms with Crippen molar-refractivity contribution in [1.82, 2.24) is 4.98 Å². The van der Waals surface area contributed by atoms with Gasteiger partial charge >= 0.3 is 0 Å². The third kappa shape index (κ3) is 4.44. The fourth-order valence-corrected chi connectivity index (χ4v) is 3.83. The number of nitrogens with zero attached hydrogens (tertiary/aromatic N) is 1. The zero-order chi connectivity index (χ0) is 21.1. The van der Waals surface area contributed by atoms with Gasteiger partial charge in [0.15, 0.2) is 10.9 Å². The van der Waals surface area contributed by atoms with Crippen LogP contribution in [0.3, 0.4) is 0 Å². The number of hydrogen-bond acceptors (Lipinski definition) is 4. The second kappa shape index (κ2) is 8.79.